The van der Waals surface area contributed by atoms with Crippen molar-refractivity contribution in [2.24, 2.45) is 5.73 Å². The maximum Gasteiger partial charge on any atom is 0.237 e. The molecular weight excluding hydrogens is 304 g/mol. The van der Waals surface area contributed by atoms with Crippen LogP contribution in [0.5, 0.6) is 0 Å². The van der Waals surface area contributed by atoms with Crippen LogP contribution in [0.4, 0.5) is 0 Å². The van der Waals surface area contributed by atoms with Crippen molar-refractivity contribution in [3.05, 3.63) is 21.9 Å². The van der Waals surface area contributed by atoms with E-state index in [-0.39, 0.29) is 23.8 Å². The molecule has 2 fully saturated rings. The van der Waals surface area contributed by atoms with Crippen molar-refractivity contribution < 1.29 is 14.3 Å². The van der Waals surface area contributed by atoms with E-state index in [4.69, 9.17) is 20.6 Å². The van der Waals surface area contributed by atoms with Crippen molar-refractivity contribution in [1.82, 2.24) is 10.6 Å². The fraction of sp³-hybridized carbons (Fsp3) is 0.571. The molecule has 2 atom stereocenters. The van der Waals surface area contributed by atoms with E-state index in [1.54, 1.807) is 0 Å². The minimum Gasteiger partial charge on any atom is -0.384 e. The van der Waals surface area contributed by atoms with Crippen LogP contribution >= 0.6 is 11.3 Å². The molecule has 8 heteroatoms. The summed E-state index contributed by atoms with van der Waals surface area (Å²) >= 11 is 1.48. The molecule has 0 radical (unpaired) electrons. The second-order valence-corrected chi connectivity index (χ2v) is 6.57. The zero-order chi connectivity index (χ0) is 15.7. The van der Waals surface area contributed by atoms with Gasteiger partial charge in [0.25, 0.3) is 0 Å². The van der Waals surface area contributed by atoms with Crippen molar-refractivity contribution in [3.63, 3.8) is 0 Å². The molecule has 0 aliphatic carbocycles. The van der Waals surface area contributed by atoms with Gasteiger partial charge in [-0.1, -0.05) is 0 Å². The molecule has 1 aromatic heterocycles. The minimum absolute atomic E-state index is 0.0379. The molecule has 0 bridgehead atoms. The molecule has 0 aromatic carbocycles. The number of amidine groups is 1. The van der Waals surface area contributed by atoms with Crippen molar-refractivity contribution in [3.8, 4) is 0 Å². The summed E-state index contributed by atoms with van der Waals surface area (Å²) in [6.07, 6.45) is 0.523. The van der Waals surface area contributed by atoms with Gasteiger partial charge in [0.1, 0.15) is 5.84 Å². The van der Waals surface area contributed by atoms with E-state index in [0.29, 0.717) is 31.7 Å². The van der Waals surface area contributed by atoms with Gasteiger partial charge in [0.05, 0.1) is 31.8 Å². The Kier molecular flexibility index (Phi) is 4.18. The van der Waals surface area contributed by atoms with E-state index >= 15 is 0 Å². The first kappa shape index (κ1) is 15.4. The summed E-state index contributed by atoms with van der Waals surface area (Å²) in [5, 5.41) is 15.4. The molecule has 1 amide bonds. The summed E-state index contributed by atoms with van der Waals surface area (Å²) in [5.74, 6) is -0.659. The monoisotopic (exact) mass is 324 g/mol. The topological polar surface area (TPSA) is 109 Å². The van der Waals surface area contributed by atoms with Crippen LogP contribution in [0.15, 0.2) is 11.4 Å². The van der Waals surface area contributed by atoms with Gasteiger partial charge in [-0.3, -0.25) is 10.2 Å². The van der Waals surface area contributed by atoms with Crippen molar-refractivity contribution in [2.75, 3.05) is 19.8 Å². The third kappa shape index (κ3) is 3.00. The summed E-state index contributed by atoms with van der Waals surface area (Å²) in [6.45, 7) is 3.61. The molecular formula is C14H20N4O3S. The van der Waals surface area contributed by atoms with Gasteiger partial charge in [0, 0.05) is 22.2 Å². The fourth-order valence-corrected chi connectivity index (χ4v) is 3.66. The molecule has 2 aliphatic rings. The normalized spacial score (nSPS) is 24.5. The van der Waals surface area contributed by atoms with Crippen LogP contribution in [0.3, 0.4) is 0 Å². The number of rotatable bonds is 4. The molecule has 1 unspecified atom stereocenters. The van der Waals surface area contributed by atoms with Gasteiger partial charge >= 0.3 is 0 Å². The number of amides is 1. The smallest absolute Gasteiger partial charge is 0.237 e. The van der Waals surface area contributed by atoms with E-state index in [2.05, 4.69) is 10.6 Å². The molecule has 1 spiro atoms. The SMILES string of the molecule is C[C@@H](NC(=O)C1CC2(CN1)OCCO2)c1cc(C(=N)N)cs1. The lowest BCUT2D eigenvalue weighted by molar-refractivity contribution is -0.144. The Hall–Kier alpha value is -1.48. The van der Waals surface area contributed by atoms with Crippen molar-refractivity contribution >= 4 is 23.1 Å². The summed E-state index contributed by atoms with van der Waals surface area (Å²) in [5.41, 5.74) is 6.15. The third-order valence-electron chi connectivity index (χ3n) is 3.98. The van der Waals surface area contributed by atoms with Gasteiger partial charge in [-0.15, -0.1) is 11.3 Å². The van der Waals surface area contributed by atoms with Crippen LogP contribution < -0.4 is 16.4 Å². The van der Waals surface area contributed by atoms with Gasteiger partial charge in [0.2, 0.25) is 5.91 Å². The number of nitrogen functional groups attached to an aromatic ring is 1. The lowest BCUT2D eigenvalue weighted by Gasteiger charge is -2.20. The highest BCUT2D eigenvalue weighted by atomic mass is 32.1. The van der Waals surface area contributed by atoms with E-state index in [1.165, 1.54) is 11.3 Å². The molecule has 7 nitrogen and oxygen atoms in total. The van der Waals surface area contributed by atoms with Crippen LogP contribution in [0, 0.1) is 5.41 Å². The Morgan fingerprint density at radius 2 is 2.32 bits per heavy atom. The van der Waals surface area contributed by atoms with Gasteiger partial charge in [-0.2, -0.15) is 0 Å². The Morgan fingerprint density at radius 3 is 2.95 bits per heavy atom. The Morgan fingerprint density at radius 1 is 1.59 bits per heavy atom. The number of nitrogens with one attached hydrogen (secondary N) is 3. The average Bonchev–Trinajstić information content (AvgIpc) is 3.21. The van der Waals surface area contributed by atoms with Crippen LogP contribution in [0.2, 0.25) is 0 Å². The van der Waals surface area contributed by atoms with Crippen LogP contribution in [0.25, 0.3) is 0 Å². The standard InChI is InChI=1S/C14H20N4O3S/c1-8(11-4-9(6-22-11)12(15)16)18-13(19)10-5-14(7-17-10)20-2-3-21-14/h4,6,8,10,17H,2-3,5,7H2,1H3,(H3,15,16)(H,18,19)/t8-,10?/m1/s1. The first-order valence-electron chi connectivity index (χ1n) is 7.24. The number of carbonyl (C=O) groups excluding carboxylic acids is 1. The molecule has 2 aliphatic heterocycles. The predicted octanol–water partition coefficient (Wildman–Crippen LogP) is 0.314. The molecule has 0 saturated carbocycles. The lowest BCUT2D eigenvalue weighted by Crippen LogP contribution is -2.41. The van der Waals surface area contributed by atoms with E-state index in [9.17, 15) is 4.79 Å². The Labute approximate surface area is 132 Å². The van der Waals surface area contributed by atoms with E-state index in [1.807, 2.05) is 18.4 Å². The molecule has 2 saturated heterocycles. The van der Waals surface area contributed by atoms with Gasteiger partial charge in [-0.25, -0.2) is 0 Å². The maximum absolute atomic E-state index is 12.4. The molecule has 3 heterocycles. The zero-order valence-corrected chi connectivity index (χ0v) is 13.2. The van der Waals surface area contributed by atoms with Crippen molar-refractivity contribution in [2.45, 2.75) is 31.2 Å². The summed E-state index contributed by atoms with van der Waals surface area (Å²) in [7, 11) is 0. The van der Waals surface area contributed by atoms with Crippen LogP contribution in [0.1, 0.15) is 29.8 Å². The summed E-state index contributed by atoms with van der Waals surface area (Å²) < 4.78 is 11.2. The summed E-state index contributed by atoms with van der Waals surface area (Å²) in [6, 6.07) is 1.40. The fourth-order valence-electron chi connectivity index (χ4n) is 2.74. The van der Waals surface area contributed by atoms with E-state index in [0.717, 1.165) is 4.88 Å². The summed E-state index contributed by atoms with van der Waals surface area (Å²) in [4.78, 5) is 13.3. The first-order valence-corrected chi connectivity index (χ1v) is 8.11. The highest BCUT2D eigenvalue weighted by Crippen LogP contribution is 2.29. The maximum atomic E-state index is 12.4. The predicted molar refractivity (Wildman–Crippen MR) is 82.9 cm³/mol. The number of thiophene rings is 1. The number of ether oxygens (including phenoxy) is 2. The van der Waals surface area contributed by atoms with Gasteiger partial charge < -0.3 is 25.8 Å². The quantitative estimate of drug-likeness (QED) is 0.471. The molecule has 120 valence electrons. The number of hydrogen-bond acceptors (Lipinski definition) is 6. The van der Waals surface area contributed by atoms with Crippen LogP contribution in [-0.2, 0) is 14.3 Å². The second-order valence-electron chi connectivity index (χ2n) is 5.63. The first-order chi connectivity index (χ1) is 10.5. The largest absolute Gasteiger partial charge is 0.384 e. The van der Waals surface area contributed by atoms with Gasteiger partial charge in [0.15, 0.2) is 5.79 Å². The third-order valence-corrected chi connectivity index (χ3v) is 5.09. The lowest BCUT2D eigenvalue weighted by atomic mass is 10.1. The number of nitrogens with two attached hydrogens (primary N) is 1. The number of hydrogen-bond donors (Lipinski definition) is 4. The molecule has 22 heavy (non-hydrogen) atoms. The zero-order valence-electron chi connectivity index (χ0n) is 12.3. The Bertz CT molecular complexity index is 582. The Balaban J connectivity index is 1.58. The molecule has 3 rings (SSSR count). The van der Waals surface area contributed by atoms with Gasteiger partial charge in [-0.05, 0) is 13.0 Å². The van der Waals surface area contributed by atoms with Crippen molar-refractivity contribution in [1.29, 1.82) is 5.41 Å². The highest BCUT2D eigenvalue weighted by molar-refractivity contribution is 7.10. The van der Waals surface area contributed by atoms with E-state index < -0.39 is 5.79 Å². The molecule has 1 aromatic rings. The second kappa shape index (κ2) is 5.96. The average molecular weight is 324 g/mol. The highest BCUT2D eigenvalue weighted by Gasteiger charge is 2.46. The number of carbonyl (C=O) groups is 1. The molecule has 5 N–H and O–H groups in total. The van der Waals surface area contributed by atoms with Crippen LogP contribution in [-0.4, -0.2) is 43.3 Å². The minimum atomic E-state index is -0.629.